The molecule has 0 amide bonds. The second-order valence-electron chi connectivity index (χ2n) is 4.26. The van der Waals surface area contributed by atoms with Gasteiger partial charge in [0.2, 0.25) is 0 Å². The molecule has 88 valence electrons. The zero-order valence-corrected chi connectivity index (χ0v) is 9.69. The number of likely N-dealkylation sites (tertiary alicyclic amines) is 1. The van der Waals surface area contributed by atoms with Crippen molar-refractivity contribution in [2.24, 2.45) is 0 Å². The first kappa shape index (κ1) is 11.4. The zero-order valence-electron chi connectivity index (χ0n) is 9.69. The fourth-order valence-corrected chi connectivity index (χ4v) is 2.02. The molecule has 0 aliphatic carbocycles. The van der Waals surface area contributed by atoms with Crippen molar-refractivity contribution in [2.45, 2.75) is 26.0 Å². The number of pyridine rings is 1. The van der Waals surface area contributed by atoms with Crippen LogP contribution >= 0.6 is 0 Å². The number of β-amino-alcohol motifs (C(OH)–C–C–N with tert-alkyl or cyclic N) is 1. The van der Waals surface area contributed by atoms with Crippen LogP contribution in [0, 0.1) is 0 Å². The number of aliphatic hydroxyl groups is 1. The fraction of sp³-hybridized carbons (Fsp3) is 0.583. The largest absolute Gasteiger partial charge is 0.392 e. The molecule has 0 bridgehead atoms. The van der Waals surface area contributed by atoms with E-state index in [1.54, 1.807) is 0 Å². The summed E-state index contributed by atoms with van der Waals surface area (Å²) in [6.07, 6.45) is 2.65. The van der Waals surface area contributed by atoms with Gasteiger partial charge in [-0.05, 0) is 25.0 Å². The molecular weight excluding hydrogens is 202 g/mol. The van der Waals surface area contributed by atoms with Gasteiger partial charge < -0.3 is 10.4 Å². The van der Waals surface area contributed by atoms with E-state index in [0.717, 1.165) is 38.4 Å². The van der Waals surface area contributed by atoms with Crippen LogP contribution < -0.4 is 5.32 Å². The Labute approximate surface area is 96.3 Å². The van der Waals surface area contributed by atoms with E-state index >= 15 is 0 Å². The molecule has 1 fully saturated rings. The van der Waals surface area contributed by atoms with Crippen LogP contribution in [0.1, 0.15) is 18.9 Å². The van der Waals surface area contributed by atoms with Crippen molar-refractivity contribution < 1.29 is 5.11 Å². The summed E-state index contributed by atoms with van der Waals surface area (Å²) in [5, 5.41) is 12.6. The van der Waals surface area contributed by atoms with Gasteiger partial charge in [-0.25, -0.2) is 4.98 Å². The molecule has 1 saturated heterocycles. The predicted octanol–water partition coefficient (Wildman–Crippen LogP) is 1.08. The second kappa shape index (κ2) is 5.27. The molecule has 0 radical (unpaired) electrons. The molecule has 2 N–H and O–H groups in total. The van der Waals surface area contributed by atoms with Crippen molar-refractivity contribution in [3.63, 3.8) is 0 Å². The van der Waals surface area contributed by atoms with Gasteiger partial charge in [0.1, 0.15) is 5.82 Å². The topological polar surface area (TPSA) is 48.4 Å². The van der Waals surface area contributed by atoms with Crippen LogP contribution in [-0.2, 0) is 6.54 Å². The van der Waals surface area contributed by atoms with Crippen LogP contribution in [0.3, 0.4) is 0 Å². The number of aromatic nitrogens is 1. The van der Waals surface area contributed by atoms with Crippen molar-refractivity contribution >= 4 is 5.82 Å². The maximum atomic E-state index is 9.42. The summed E-state index contributed by atoms with van der Waals surface area (Å²) in [7, 11) is 0. The monoisotopic (exact) mass is 221 g/mol. The molecule has 1 atom stereocenters. The van der Waals surface area contributed by atoms with E-state index in [4.69, 9.17) is 0 Å². The minimum absolute atomic E-state index is 0.144. The third kappa shape index (κ3) is 2.93. The van der Waals surface area contributed by atoms with E-state index < -0.39 is 0 Å². The van der Waals surface area contributed by atoms with Crippen LogP contribution in [0.4, 0.5) is 5.82 Å². The summed E-state index contributed by atoms with van der Waals surface area (Å²) in [6.45, 7) is 5.60. The number of nitrogens with zero attached hydrogens (tertiary/aromatic N) is 2. The predicted molar refractivity (Wildman–Crippen MR) is 64.3 cm³/mol. The Bertz CT molecular complexity index is 326. The summed E-state index contributed by atoms with van der Waals surface area (Å²) >= 11 is 0. The second-order valence-corrected chi connectivity index (χ2v) is 4.26. The lowest BCUT2D eigenvalue weighted by molar-refractivity contribution is 0.175. The lowest BCUT2D eigenvalue weighted by Crippen LogP contribution is -2.21. The summed E-state index contributed by atoms with van der Waals surface area (Å²) in [5.41, 5.74) is 1.20. The number of aliphatic hydroxyl groups excluding tert-OH is 1. The highest BCUT2D eigenvalue weighted by Crippen LogP contribution is 2.13. The average molecular weight is 221 g/mol. The number of anilines is 1. The van der Waals surface area contributed by atoms with Crippen LogP contribution in [0.15, 0.2) is 18.3 Å². The molecule has 1 aliphatic heterocycles. The first-order chi connectivity index (χ1) is 7.78. The van der Waals surface area contributed by atoms with Crippen LogP contribution in [0.5, 0.6) is 0 Å². The highest BCUT2D eigenvalue weighted by molar-refractivity contribution is 5.35. The van der Waals surface area contributed by atoms with Crippen molar-refractivity contribution in [3.05, 3.63) is 23.9 Å². The lowest BCUT2D eigenvalue weighted by Gasteiger charge is -2.14. The highest BCUT2D eigenvalue weighted by atomic mass is 16.3. The minimum atomic E-state index is -0.144. The smallest absolute Gasteiger partial charge is 0.125 e. The van der Waals surface area contributed by atoms with Gasteiger partial charge in [-0.2, -0.15) is 0 Å². The summed E-state index contributed by atoms with van der Waals surface area (Å²) in [5.74, 6) is 0.924. The van der Waals surface area contributed by atoms with Gasteiger partial charge in [0.15, 0.2) is 0 Å². The summed E-state index contributed by atoms with van der Waals surface area (Å²) < 4.78 is 0. The third-order valence-electron chi connectivity index (χ3n) is 2.84. The molecule has 1 aliphatic rings. The van der Waals surface area contributed by atoms with E-state index in [9.17, 15) is 5.11 Å². The van der Waals surface area contributed by atoms with Crippen LogP contribution in [0.2, 0.25) is 0 Å². The molecule has 1 aromatic rings. The van der Waals surface area contributed by atoms with E-state index in [-0.39, 0.29) is 6.10 Å². The molecule has 2 rings (SSSR count). The molecule has 1 unspecified atom stereocenters. The quantitative estimate of drug-likeness (QED) is 0.799. The van der Waals surface area contributed by atoms with E-state index in [1.165, 1.54) is 5.56 Å². The Morgan fingerprint density at radius 3 is 3.00 bits per heavy atom. The molecule has 16 heavy (non-hydrogen) atoms. The summed E-state index contributed by atoms with van der Waals surface area (Å²) in [6, 6.07) is 4.10. The third-order valence-corrected chi connectivity index (χ3v) is 2.84. The normalized spacial score (nSPS) is 21.2. The minimum Gasteiger partial charge on any atom is -0.392 e. The Balaban J connectivity index is 1.89. The maximum absolute atomic E-state index is 9.42. The Hall–Kier alpha value is -1.13. The van der Waals surface area contributed by atoms with Gasteiger partial charge in [-0.15, -0.1) is 0 Å². The summed E-state index contributed by atoms with van der Waals surface area (Å²) in [4.78, 5) is 6.59. The molecule has 0 saturated carbocycles. The zero-order chi connectivity index (χ0) is 11.4. The number of hydrogen-bond acceptors (Lipinski definition) is 4. The van der Waals surface area contributed by atoms with Gasteiger partial charge in [0.05, 0.1) is 6.10 Å². The molecule has 2 heterocycles. The highest BCUT2D eigenvalue weighted by Gasteiger charge is 2.19. The van der Waals surface area contributed by atoms with Gasteiger partial charge in [0.25, 0.3) is 0 Å². The molecular formula is C12H19N3O. The Kier molecular flexibility index (Phi) is 3.74. The van der Waals surface area contributed by atoms with E-state index in [1.807, 2.05) is 12.3 Å². The first-order valence-corrected chi connectivity index (χ1v) is 5.87. The van der Waals surface area contributed by atoms with Crippen molar-refractivity contribution in [2.75, 3.05) is 25.0 Å². The van der Waals surface area contributed by atoms with Gasteiger partial charge >= 0.3 is 0 Å². The average Bonchev–Trinajstić information content (AvgIpc) is 2.67. The van der Waals surface area contributed by atoms with E-state index in [2.05, 4.69) is 28.2 Å². The molecule has 0 aromatic carbocycles. The lowest BCUT2D eigenvalue weighted by atomic mass is 10.2. The number of nitrogens with one attached hydrogen (secondary N) is 1. The van der Waals surface area contributed by atoms with Crippen molar-refractivity contribution in [3.8, 4) is 0 Å². The standard InChI is InChI=1S/C12H19N3O/c1-2-13-12-4-3-10(7-14-12)8-15-6-5-11(16)9-15/h3-4,7,11,16H,2,5-6,8-9H2,1H3,(H,13,14). The maximum Gasteiger partial charge on any atom is 0.125 e. The Morgan fingerprint density at radius 1 is 1.56 bits per heavy atom. The molecule has 1 aromatic heterocycles. The van der Waals surface area contributed by atoms with Gasteiger partial charge in [-0.3, -0.25) is 4.90 Å². The van der Waals surface area contributed by atoms with E-state index in [0.29, 0.717) is 0 Å². The molecule has 0 spiro atoms. The van der Waals surface area contributed by atoms with Crippen LogP contribution in [0.25, 0.3) is 0 Å². The fourth-order valence-electron chi connectivity index (χ4n) is 2.02. The molecule has 4 heteroatoms. The number of rotatable bonds is 4. The van der Waals surface area contributed by atoms with Gasteiger partial charge in [0, 0.05) is 32.4 Å². The number of hydrogen-bond donors (Lipinski definition) is 2. The van der Waals surface area contributed by atoms with Crippen molar-refractivity contribution in [1.29, 1.82) is 0 Å². The van der Waals surface area contributed by atoms with Crippen LogP contribution in [-0.4, -0.2) is 40.7 Å². The Morgan fingerprint density at radius 2 is 2.44 bits per heavy atom. The first-order valence-electron chi connectivity index (χ1n) is 5.87. The SMILES string of the molecule is CCNc1ccc(CN2CCC(O)C2)cn1. The van der Waals surface area contributed by atoms with Crippen molar-refractivity contribution in [1.82, 2.24) is 9.88 Å². The van der Waals surface area contributed by atoms with Gasteiger partial charge in [-0.1, -0.05) is 6.07 Å². The molecule has 4 nitrogen and oxygen atoms in total.